The van der Waals surface area contributed by atoms with E-state index >= 15 is 0 Å². The number of hydrogen-bond acceptors (Lipinski definition) is 3. The number of halogens is 4. The van der Waals surface area contributed by atoms with Crippen LogP contribution < -0.4 is 5.14 Å². The zero-order chi connectivity index (χ0) is 15.7. The minimum atomic E-state index is -4.38. The van der Waals surface area contributed by atoms with Crippen molar-refractivity contribution in [2.75, 3.05) is 13.6 Å². The van der Waals surface area contributed by atoms with Crippen LogP contribution in [0.4, 0.5) is 13.2 Å². The molecule has 1 rings (SSSR count). The summed E-state index contributed by atoms with van der Waals surface area (Å²) < 4.78 is 60.9. The maximum atomic E-state index is 14.0. The monoisotopic (exact) mass is 374 g/mol. The molecule has 1 aromatic rings. The fourth-order valence-corrected chi connectivity index (χ4v) is 2.68. The van der Waals surface area contributed by atoms with Gasteiger partial charge < -0.3 is 4.90 Å². The number of nitrogens with two attached hydrogens (primary N) is 1. The Bertz CT molecular complexity index is 637. The first-order chi connectivity index (χ1) is 9.04. The van der Waals surface area contributed by atoms with Crippen LogP contribution in [-0.4, -0.2) is 39.2 Å². The summed E-state index contributed by atoms with van der Waals surface area (Å²) in [7, 11) is -3.34. The summed E-state index contributed by atoms with van der Waals surface area (Å²) in [5.74, 6) is -2.45. The van der Waals surface area contributed by atoms with Gasteiger partial charge in [0.25, 0.3) is 12.3 Å². The summed E-state index contributed by atoms with van der Waals surface area (Å²) in [6.45, 7) is -0.907. The standard InChI is InChI=1S/C10H10BrF3N2O3S/c1-16(4-8(12)13)10(17)6-2-5(11)3-7(9(6)14)20(15,18)19/h2-3,8H,4H2,1H3,(H2,15,18,19). The summed E-state index contributed by atoms with van der Waals surface area (Å²) >= 11 is 2.90. The molecular weight excluding hydrogens is 365 g/mol. The number of carbonyl (C=O) groups is 1. The molecule has 112 valence electrons. The zero-order valence-electron chi connectivity index (χ0n) is 10.1. The smallest absolute Gasteiger partial charge is 0.256 e. The minimum Gasteiger partial charge on any atom is -0.336 e. The lowest BCUT2D eigenvalue weighted by molar-refractivity contribution is 0.0615. The minimum absolute atomic E-state index is 0.0803. The lowest BCUT2D eigenvalue weighted by atomic mass is 10.2. The molecule has 0 aliphatic carbocycles. The maximum Gasteiger partial charge on any atom is 0.256 e. The lowest BCUT2D eigenvalue weighted by Crippen LogP contribution is -2.32. The van der Waals surface area contributed by atoms with E-state index in [9.17, 15) is 26.4 Å². The molecule has 0 aliphatic heterocycles. The van der Waals surface area contributed by atoms with Crippen LogP contribution in [-0.2, 0) is 10.0 Å². The topological polar surface area (TPSA) is 80.5 Å². The molecule has 20 heavy (non-hydrogen) atoms. The van der Waals surface area contributed by atoms with E-state index < -0.39 is 45.2 Å². The van der Waals surface area contributed by atoms with E-state index in [1.807, 2.05) is 0 Å². The molecule has 0 atom stereocenters. The molecule has 0 saturated heterocycles. The molecule has 0 spiro atoms. The van der Waals surface area contributed by atoms with E-state index in [0.29, 0.717) is 4.90 Å². The number of benzene rings is 1. The van der Waals surface area contributed by atoms with Gasteiger partial charge in [-0.3, -0.25) is 4.79 Å². The summed E-state index contributed by atoms with van der Waals surface area (Å²) in [4.78, 5) is 11.5. The number of sulfonamides is 1. The number of nitrogens with zero attached hydrogens (tertiary/aromatic N) is 1. The first kappa shape index (κ1) is 16.9. The fourth-order valence-electron chi connectivity index (χ4n) is 1.42. The molecule has 0 fully saturated rings. The first-order valence-corrected chi connectivity index (χ1v) is 7.43. The van der Waals surface area contributed by atoms with Crippen molar-refractivity contribution in [1.82, 2.24) is 4.90 Å². The molecule has 0 aliphatic rings. The molecule has 0 bridgehead atoms. The second-order valence-electron chi connectivity index (χ2n) is 3.89. The SMILES string of the molecule is CN(CC(F)F)C(=O)c1cc(Br)cc(S(N)(=O)=O)c1F. The van der Waals surface area contributed by atoms with Crippen LogP contribution in [0.5, 0.6) is 0 Å². The van der Waals surface area contributed by atoms with Gasteiger partial charge in [-0.2, -0.15) is 0 Å². The molecule has 10 heteroatoms. The maximum absolute atomic E-state index is 14.0. The van der Waals surface area contributed by atoms with Crippen LogP contribution in [0, 0.1) is 5.82 Å². The highest BCUT2D eigenvalue weighted by Crippen LogP contribution is 2.24. The molecule has 0 unspecified atom stereocenters. The third-order valence-corrected chi connectivity index (χ3v) is 3.67. The third kappa shape index (κ3) is 3.93. The van der Waals surface area contributed by atoms with Gasteiger partial charge >= 0.3 is 0 Å². The number of alkyl halides is 2. The van der Waals surface area contributed by atoms with Gasteiger partial charge in [0.2, 0.25) is 10.0 Å². The van der Waals surface area contributed by atoms with Crippen molar-refractivity contribution in [3.63, 3.8) is 0 Å². The molecule has 5 nitrogen and oxygen atoms in total. The molecule has 2 N–H and O–H groups in total. The van der Waals surface area contributed by atoms with Gasteiger partial charge in [-0.1, -0.05) is 15.9 Å². The van der Waals surface area contributed by atoms with E-state index in [-0.39, 0.29) is 4.47 Å². The highest BCUT2D eigenvalue weighted by molar-refractivity contribution is 9.10. The number of carbonyl (C=O) groups excluding carboxylic acids is 1. The lowest BCUT2D eigenvalue weighted by Gasteiger charge is -2.17. The van der Waals surface area contributed by atoms with E-state index in [1.165, 1.54) is 0 Å². The molecule has 0 heterocycles. The summed E-state index contributed by atoms with van der Waals surface area (Å²) in [5.41, 5.74) is -0.661. The third-order valence-electron chi connectivity index (χ3n) is 2.30. The summed E-state index contributed by atoms with van der Waals surface area (Å²) in [6, 6.07) is 1.88. The van der Waals surface area contributed by atoms with Crippen LogP contribution in [0.1, 0.15) is 10.4 Å². The normalized spacial score (nSPS) is 11.8. The molecular formula is C10H10BrF3N2O3S. The van der Waals surface area contributed by atoms with Crippen molar-refractivity contribution in [1.29, 1.82) is 0 Å². The summed E-state index contributed by atoms with van der Waals surface area (Å²) in [5, 5.41) is 4.82. The number of primary sulfonamides is 1. The Morgan fingerprint density at radius 2 is 2.00 bits per heavy atom. The zero-order valence-corrected chi connectivity index (χ0v) is 12.5. The van der Waals surface area contributed by atoms with Crippen molar-refractivity contribution in [2.24, 2.45) is 5.14 Å². The Kier molecular flexibility index (Phi) is 5.16. The van der Waals surface area contributed by atoms with E-state index in [0.717, 1.165) is 19.2 Å². The highest BCUT2D eigenvalue weighted by atomic mass is 79.9. The number of amides is 1. The molecule has 0 aromatic heterocycles. The van der Waals surface area contributed by atoms with Gasteiger partial charge in [0, 0.05) is 11.5 Å². The van der Waals surface area contributed by atoms with Gasteiger partial charge in [0.15, 0.2) is 5.82 Å². The van der Waals surface area contributed by atoms with Gasteiger partial charge in [-0.25, -0.2) is 26.7 Å². The van der Waals surface area contributed by atoms with Crippen molar-refractivity contribution in [3.8, 4) is 0 Å². The first-order valence-electron chi connectivity index (χ1n) is 5.09. The van der Waals surface area contributed by atoms with Crippen LogP contribution >= 0.6 is 15.9 Å². The predicted octanol–water partition coefficient (Wildman–Crippen LogP) is 1.57. The van der Waals surface area contributed by atoms with Crippen molar-refractivity contribution in [2.45, 2.75) is 11.3 Å². The summed E-state index contributed by atoms with van der Waals surface area (Å²) in [6.07, 6.45) is -2.79. The predicted molar refractivity (Wildman–Crippen MR) is 68.4 cm³/mol. The number of rotatable bonds is 4. The van der Waals surface area contributed by atoms with Crippen LogP contribution in [0.15, 0.2) is 21.5 Å². The Morgan fingerprint density at radius 3 is 2.45 bits per heavy atom. The Labute approximate surface area is 121 Å². The molecule has 1 aromatic carbocycles. The Morgan fingerprint density at radius 1 is 1.45 bits per heavy atom. The Hall–Kier alpha value is -1.13. The van der Waals surface area contributed by atoms with E-state index in [2.05, 4.69) is 15.9 Å². The average Bonchev–Trinajstić information content (AvgIpc) is 2.28. The fraction of sp³-hybridized carbons (Fsp3) is 0.300. The average molecular weight is 375 g/mol. The van der Waals surface area contributed by atoms with Crippen LogP contribution in [0.25, 0.3) is 0 Å². The largest absolute Gasteiger partial charge is 0.336 e. The van der Waals surface area contributed by atoms with Gasteiger partial charge in [-0.15, -0.1) is 0 Å². The Balaban J connectivity index is 3.33. The second-order valence-corrected chi connectivity index (χ2v) is 6.33. The second kappa shape index (κ2) is 6.10. The van der Waals surface area contributed by atoms with Crippen molar-refractivity contribution in [3.05, 3.63) is 28.0 Å². The van der Waals surface area contributed by atoms with E-state index in [1.54, 1.807) is 0 Å². The number of hydrogen-bond donors (Lipinski definition) is 1. The quantitative estimate of drug-likeness (QED) is 0.868. The van der Waals surface area contributed by atoms with Gasteiger partial charge in [0.05, 0.1) is 12.1 Å². The highest BCUT2D eigenvalue weighted by Gasteiger charge is 2.25. The van der Waals surface area contributed by atoms with Crippen molar-refractivity contribution >= 4 is 31.9 Å². The van der Waals surface area contributed by atoms with Gasteiger partial charge in [0.1, 0.15) is 4.90 Å². The van der Waals surface area contributed by atoms with Gasteiger partial charge in [-0.05, 0) is 12.1 Å². The van der Waals surface area contributed by atoms with Crippen LogP contribution in [0.2, 0.25) is 0 Å². The van der Waals surface area contributed by atoms with Crippen LogP contribution in [0.3, 0.4) is 0 Å². The molecule has 0 saturated carbocycles. The van der Waals surface area contributed by atoms with E-state index in [4.69, 9.17) is 5.14 Å². The van der Waals surface area contributed by atoms with Crippen molar-refractivity contribution < 1.29 is 26.4 Å². The molecule has 1 amide bonds. The molecule has 0 radical (unpaired) electrons.